The molecule has 3 aromatic rings. The number of hydrogen-bond donors (Lipinski definition) is 1. The predicted octanol–water partition coefficient (Wildman–Crippen LogP) is 5.37. The van der Waals surface area contributed by atoms with E-state index in [-0.39, 0.29) is 48.1 Å². The van der Waals surface area contributed by atoms with E-state index >= 15 is 0 Å². The average Bonchev–Trinajstić information content (AvgIpc) is 2.93. The van der Waals surface area contributed by atoms with Crippen molar-refractivity contribution in [2.45, 2.75) is 63.6 Å². The molecule has 4 rings (SSSR count). The minimum Gasteiger partial charge on any atom is -0.352 e. The fraction of sp³-hybridized carbons (Fsp3) is 0.333. The van der Waals surface area contributed by atoms with E-state index < -0.39 is 22.7 Å². The zero-order chi connectivity index (χ0) is 26.9. The second-order valence-corrected chi connectivity index (χ2v) is 9.72. The van der Waals surface area contributed by atoms with Gasteiger partial charge in [0, 0.05) is 36.2 Å². The van der Waals surface area contributed by atoms with Gasteiger partial charge in [0.15, 0.2) is 0 Å². The predicted molar refractivity (Wildman–Crippen MR) is 143 cm³/mol. The second kappa shape index (κ2) is 12.9. The molecule has 2 amide bonds. The van der Waals surface area contributed by atoms with E-state index in [1.165, 1.54) is 23.1 Å². The second-order valence-electron chi connectivity index (χ2n) is 9.72. The average molecular weight is 518 g/mol. The number of carbonyl (C=O) groups is 2. The molecule has 1 saturated carbocycles. The van der Waals surface area contributed by atoms with E-state index in [4.69, 9.17) is 0 Å². The summed E-state index contributed by atoms with van der Waals surface area (Å²) in [5.74, 6) is -1.27. The third kappa shape index (κ3) is 7.03. The molecule has 0 saturated heterocycles. The molecule has 1 N–H and O–H groups in total. The molecule has 1 fully saturated rings. The van der Waals surface area contributed by atoms with Gasteiger partial charge >= 0.3 is 0 Å². The van der Waals surface area contributed by atoms with E-state index in [1.54, 1.807) is 30.3 Å². The number of halogens is 1. The van der Waals surface area contributed by atoms with Crippen LogP contribution in [0, 0.1) is 15.9 Å². The number of hydrogen-bond acceptors (Lipinski definition) is 4. The summed E-state index contributed by atoms with van der Waals surface area (Å²) < 4.78 is 14.7. The van der Waals surface area contributed by atoms with E-state index in [1.807, 2.05) is 30.3 Å². The van der Waals surface area contributed by atoms with Crippen LogP contribution < -0.4 is 5.32 Å². The van der Waals surface area contributed by atoms with Gasteiger partial charge in [0.25, 0.3) is 5.69 Å². The Bertz CT molecular complexity index is 1260. The number of carbonyl (C=O) groups excluding carboxylic acids is 2. The lowest BCUT2D eigenvalue weighted by molar-refractivity contribution is -0.385. The molecule has 0 aromatic heterocycles. The van der Waals surface area contributed by atoms with Gasteiger partial charge in [-0.3, -0.25) is 19.7 Å². The fourth-order valence-electron chi connectivity index (χ4n) is 5.01. The van der Waals surface area contributed by atoms with Gasteiger partial charge in [-0.2, -0.15) is 0 Å². The summed E-state index contributed by atoms with van der Waals surface area (Å²) in [6.07, 6.45) is 4.90. The van der Waals surface area contributed by atoms with Crippen molar-refractivity contribution in [3.05, 3.63) is 111 Å². The Morgan fingerprint density at radius 1 is 0.921 bits per heavy atom. The summed E-state index contributed by atoms with van der Waals surface area (Å²) >= 11 is 0. The Morgan fingerprint density at radius 3 is 2.24 bits per heavy atom. The van der Waals surface area contributed by atoms with Crippen molar-refractivity contribution in [2.24, 2.45) is 0 Å². The monoisotopic (exact) mass is 517 g/mol. The number of nitrogens with one attached hydrogen (secondary N) is 1. The van der Waals surface area contributed by atoms with E-state index in [0.717, 1.165) is 37.7 Å². The fourth-order valence-corrected chi connectivity index (χ4v) is 5.01. The molecule has 0 spiro atoms. The van der Waals surface area contributed by atoms with Crippen molar-refractivity contribution in [2.75, 3.05) is 0 Å². The lowest BCUT2D eigenvalue weighted by Crippen LogP contribution is -2.53. The molecular formula is C30H32FN3O4. The van der Waals surface area contributed by atoms with Gasteiger partial charge in [-0.25, -0.2) is 4.39 Å². The molecule has 38 heavy (non-hydrogen) atoms. The van der Waals surface area contributed by atoms with Gasteiger partial charge in [0.05, 0.1) is 11.3 Å². The standard InChI is InChI=1S/C30H32FN3O4/c31-26-17-9-7-14-24(26)21-33(29(35)20-23-13-8-10-18-27(23)34(37)38)28(19-22-11-3-1-4-12-22)30(36)32-25-15-5-2-6-16-25/h1,3-4,7-14,17-18,25,28H,2,5-6,15-16,19-21H2,(H,32,36). The minimum atomic E-state index is -0.922. The minimum absolute atomic E-state index is 0.0233. The van der Waals surface area contributed by atoms with Crippen LogP contribution in [0.4, 0.5) is 10.1 Å². The molecule has 7 nitrogen and oxygen atoms in total. The van der Waals surface area contributed by atoms with Crippen LogP contribution in [0.15, 0.2) is 78.9 Å². The van der Waals surface area contributed by atoms with Crippen molar-refractivity contribution in [3.8, 4) is 0 Å². The van der Waals surface area contributed by atoms with Gasteiger partial charge in [-0.15, -0.1) is 0 Å². The molecule has 0 heterocycles. The Morgan fingerprint density at radius 2 is 1.55 bits per heavy atom. The van der Waals surface area contributed by atoms with Crippen LogP contribution in [-0.2, 0) is 29.0 Å². The van der Waals surface area contributed by atoms with Crippen LogP contribution in [0.25, 0.3) is 0 Å². The maximum absolute atomic E-state index is 14.7. The number of rotatable bonds is 10. The number of para-hydroxylation sites is 1. The largest absolute Gasteiger partial charge is 0.352 e. The first-order valence-electron chi connectivity index (χ1n) is 13.0. The van der Waals surface area contributed by atoms with Gasteiger partial charge in [0.1, 0.15) is 11.9 Å². The number of benzene rings is 3. The molecule has 0 aliphatic heterocycles. The quantitative estimate of drug-likeness (QED) is 0.289. The molecule has 3 aromatic carbocycles. The lowest BCUT2D eigenvalue weighted by Gasteiger charge is -2.33. The molecule has 1 unspecified atom stereocenters. The summed E-state index contributed by atoms with van der Waals surface area (Å²) in [6.45, 7) is -0.137. The first kappa shape index (κ1) is 27.0. The smallest absolute Gasteiger partial charge is 0.273 e. The Kier molecular flexibility index (Phi) is 9.19. The van der Waals surface area contributed by atoms with Crippen molar-refractivity contribution in [1.29, 1.82) is 0 Å². The topological polar surface area (TPSA) is 92.6 Å². The normalized spacial score (nSPS) is 14.4. The van der Waals surface area contributed by atoms with Crippen LogP contribution in [-0.4, -0.2) is 33.7 Å². The summed E-state index contributed by atoms with van der Waals surface area (Å²) in [7, 11) is 0. The first-order chi connectivity index (χ1) is 18.4. The van der Waals surface area contributed by atoms with E-state index in [0.29, 0.717) is 0 Å². The molecule has 0 radical (unpaired) electrons. The third-order valence-corrected chi connectivity index (χ3v) is 7.05. The summed E-state index contributed by atoms with van der Waals surface area (Å²) in [5, 5.41) is 14.7. The highest BCUT2D eigenvalue weighted by atomic mass is 19.1. The van der Waals surface area contributed by atoms with Crippen LogP contribution >= 0.6 is 0 Å². The van der Waals surface area contributed by atoms with E-state index in [2.05, 4.69) is 5.32 Å². The van der Waals surface area contributed by atoms with Crippen molar-refractivity contribution in [1.82, 2.24) is 10.2 Å². The van der Waals surface area contributed by atoms with Crippen molar-refractivity contribution in [3.63, 3.8) is 0 Å². The first-order valence-corrected chi connectivity index (χ1v) is 13.0. The number of nitro benzene ring substituents is 1. The Hall–Kier alpha value is -4.07. The SMILES string of the molecule is O=C(NC1CCCCC1)C(Cc1ccccc1)N(Cc1ccccc1F)C(=O)Cc1ccccc1[N+](=O)[O-]. The van der Waals surface area contributed by atoms with Crippen LogP contribution in [0.5, 0.6) is 0 Å². The number of nitrogens with zero attached hydrogens (tertiary/aromatic N) is 2. The maximum Gasteiger partial charge on any atom is 0.273 e. The maximum atomic E-state index is 14.7. The zero-order valence-corrected chi connectivity index (χ0v) is 21.2. The van der Waals surface area contributed by atoms with Crippen molar-refractivity contribution < 1.29 is 18.9 Å². The van der Waals surface area contributed by atoms with Crippen LogP contribution in [0.1, 0.15) is 48.8 Å². The Labute approximate surface area is 221 Å². The zero-order valence-electron chi connectivity index (χ0n) is 21.2. The molecule has 1 aliphatic rings. The molecule has 0 bridgehead atoms. The highest BCUT2D eigenvalue weighted by molar-refractivity contribution is 5.89. The highest BCUT2D eigenvalue weighted by Gasteiger charge is 2.33. The molecule has 1 aliphatic carbocycles. The summed E-state index contributed by atoms with van der Waals surface area (Å²) in [6, 6.07) is 20.7. The van der Waals surface area contributed by atoms with Gasteiger partial charge in [-0.05, 0) is 24.5 Å². The summed E-state index contributed by atoms with van der Waals surface area (Å²) in [5.41, 5.74) is 1.20. The highest BCUT2D eigenvalue weighted by Crippen LogP contribution is 2.23. The van der Waals surface area contributed by atoms with Crippen LogP contribution in [0.3, 0.4) is 0 Å². The van der Waals surface area contributed by atoms with Crippen LogP contribution in [0.2, 0.25) is 0 Å². The number of amides is 2. The van der Waals surface area contributed by atoms with E-state index in [9.17, 15) is 24.1 Å². The molecular weight excluding hydrogens is 485 g/mol. The Balaban J connectivity index is 1.70. The molecule has 8 heteroatoms. The van der Waals surface area contributed by atoms with Crippen molar-refractivity contribution >= 4 is 17.5 Å². The summed E-state index contributed by atoms with van der Waals surface area (Å²) in [4.78, 5) is 40.0. The van der Waals surface area contributed by atoms with Gasteiger partial charge < -0.3 is 10.2 Å². The molecule has 198 valence electrons. The lowest BCUT2D eigenvalue weighted by atomic mass is 9.94. The van der Waals surface area contributed by atoms with Gasteiger partial charge in [0.2, 0.25) is 11.8 Å². The number of nitro groups is 1. The van der Waals surface area contributed by atoms with Gasteiger partial charge in [-0.1, -0.05) is 86.0 Å². The molecule has 1 atom stereocenters. The third-order valence-electron chi connectivity index (χ3n) is 7.05.